The van der Waals surface area contributed by atoms with Gasteiger partial charge in [0.25, 0.3) is 15.6 Å². The van der Waals surface area contributed by atoms with Gasteiger partial charge >= 0.3 is 7.12 Å². The minimum atomic E-state index is -4.15. The third kappa shape index (κ3) is 3.65. The van der Waals surface area contributed by atoms with Crippen LogP contribution in [0.4, 0.5) is 0 Å². The molecule has 0 unspecified atom stereocenters. The largest absolute Gasteiger partial charge is 0.497 e. The van der Waals surface area contributed by atoms with E-state index in [1.807, 2.05) is 34.6 Å². The fourth-order valence-electron chi connectivity index (χ4n) is 4.40. The monoisotopic (exact) mass is 508 g/mol. The summed E-state index contributed by atoms with van der Waals surface area (Å²) in [5.74, 6) is 0. The van der Waals surface area contributed by atoms with Gasteiger partial charge in [0.2, 0.25) is 0 Å². The lowest BCUT2D eigenvalue weighted by Gasteiger charge is -2.32. The van der Waals surface area contributed by atoms with Crippen LogP contribution in [0.5, 0.6) is 0 Å². The van der Waals surface area contributed by atoms with Crippen LogP contribution < -0.4 is 11.0 Å². The number of nitrogens with zero attached hydrogens (tertiary/aromatic N) is 4. The minimum Gasteiger partial charge on any atom is -0.399 e. The van der Waals surface area contributed by atoms with Gasteiger partial charge in [-0.1, -0.05) is 17.7 Å². The molecule has 0 bridgehead atoms. The van der Waals surface area contributed by atoms with Crippen LogP contribution >= 0.6 is 0 Å². The van der Waals surface area contributed by atoms with Crippen molar-refractivity contribution in [3.8, 4) is 11.3 Å². The van der Waals surface area contributed by atoms with Gasteiger partial charge in [0.1, 0.15) is 5.52 Å². The number of fused-ring (bicyclic) bond motifs is 1. The van der Waals surface area contributed by atoms with Crippen molar-refractivity contribution in [3.63, 3.8) is 0 Å². The van der Waals surface area contributed by atoms with Gasteiger partial charge in [-0.15, -0.1) is 0 Å². The summed E-state index contributed by atoms with van der Waals surface area (Å²) in [6.07, 6.45) is 4.95. The summed E-state index contributed by atoms with van der Waals surface area (Å²) < 4.78 is 44.7. The van der Waals surface area contributed by atoms with Gasteiger partial charge in [-0.2, -0.15) is 5.10 Å². The Bertz CT molecular complexity index is 1650. The van der Waals surface area contributed by atoms with E-state index >= 15 is 0 Å². The molecular formula is C25H29BN4O5S. The highest BCUT2D eigenvalue weighted by molar-refractivity contribution is 7.90. The molecule has 0 aliphatic carbocycles. The Hall–Kier alpha value is -3.15. The summed E-state index contributed by atoms with van der Waals surface area (Å²) in [7, 11) is -1.59. The number of hydrogen-bond acceptors (Lipinski definition) is 6. The molecule has 0 amide bonds. The van der Waals surface area contributed by atoms with E-state index in [1.54, 1.807) is 67.7 Å². The molecule has 0 atom stereocenters. The second kappa shape index (κ2) is 7.93. The Morgan fingerprint density at radius 3 is 2.14 bits per heavy atom. The van der Waals surface area contributed by atoms with Gasteiger partial charge in [-0.25, -0.2) is 12.4 Å². The first-order chi connectivity index (χ1) is 16.7. The van der Waals surface area contributed by atoms with E-state index in [-0.39, 0.29) is 10.4 Å². The van der Waals surface area contributed by atoms with E-state index in [0.29, 0.717) is 22.1 Å². The van der Waals surface area contributed by atoms with Crippen LogP contribution in [0, 0.1) is 6.92 Å². The average molecular weight is 508 g/mol. The molecule has 5 rings (SSSR count). The first kappa shape index (κ1) is 24.5. The SMILES string of the molecule is Cc1ccc(S(=O)(=O)n2c(-c3cnn(C)c3)cc3c(B4OC(C)(C)C(C)(C)O4)cn(C)c(=O)c32)cc1. The Balaban J connectivity index is 1.86. The van der Waals surface area contributed by atoms with Crippen LogP contribution in [0.25, 0.3) is 22.2 Å². The normalized spacial score (nSPS) is 17.2. The fourth-order valence-corrected chi connectivity index (χ4v) is 5.92. The Kier molecular flexibility index (Phi) is 5.40. The average Bonchev–Trinajstić information content (AvgIpc) is 3.45. The molecule has 1 aromatic carbocycles. The lowest BCUT2D eigenvalue weighted by atomic mass is 9.78. The molecule has 36 heavy (non-hydrogen) atoms. The quantitative estimate of drug-likeness (QED) is 0.393. The molecule has 188 valence electrons. The summed E-state index contributed by atoms with van der Waals surface area (Å²) in [5.41, 5.74) is 0.765. The maximum Gasteiger partial charge on any atom is 0.497 e. The molecule has 11 heteroatoms. The zero-order chi connectivity index (χ0) is 26.2. The molecule has 1 saturated heterocycles. The van der Waals surface area contributed by atoms with E-state index in [2.05, 4.69) is 5.10 Å². The Labute approximate surface area is 210 Å². The first-order valence-electron chi connectivity index (χ1n) is 11.6. The number of rotatable bonds is 4. The highest BCUT2D eigenvalue weighted by Gasteiger charge is 2.52. The third-order valence-electron chi connectivity index (χ3n) is 7.19. The second-order valence-electron chi connectivity index (χ2n) is 10.4. The number of hydrogen-bond donors (Lipinski definition) is 0. The lowest BCUT2D eigenvalue weighted by molar-refractivity contribution is 0.00578. The molecular weight excluding hydrogens is 479 g/mol. The molecule has 1 fully saturated rings. The molecule has 0 N–H and O–H groups in total. The number of pyridine rings is 1. The topological polar surface area (TPSA) is 97.3 Å². The van der Waals surface area contributed by atoms with Gasteiger partial charge in [-0.05, 0) is 52.8 Å². The molecule has 0 radical (unpaired) electrons. The van der Waals surface area contributed by atoms with Crippen molar-refractivity contribution in [2.24, 2.45) is 14.1 Å². The van der Waals surface area contributed by atoms with Gasteiger partial charge in [0.05, 0.1) is 28.0 Å². The van der Waals surface area contributed by atoms with Crippen molar-refractivity contribution >= 4 is 33.5 Å². The molecule has 0 saturated carbocycles. The van der Waals surface area contributed by atoms with Gasteiger partial charge in [0.15, 0.2) is 0 Å². The summed E-state index contributed by atoms with van der Waals surface area (Å²) in [4.78, 5) is 13.6. The van der Waals surface area contributed by atoms with Crippen LogP contribution in [0.2, 0.25) is 0 Å². The van der Waals surface area contributed by atoms with E-state index in [0.717, 1.165) is 9.54 Å². The molecule has 4 aromatic rings. The van der Waals surface area contributed by atoms with Crippen molar-refractivity contribution in [1.82, 2.24) is 18.3 Å². The van der Waals surface area contributed by atoms with Gasteiger partial charge in [-0.3, -0.25) is 9.48 Å². The van der Waals surface area contributed by atoms with E-state index in [1.165, 1.54) is 4.57 Å². The zero-order valence-corrected chi connectivity index (χ0v) is 22.3. The summed E-state index contributed by atoms with van der Waals surface area (Å²) in [6, 6.07) is 8.27. The van der Waals surface area contributed by atoms with Crippen molar-refractivity contribution in [2.75, 3.05) is 0 Å². The Morgan fingerprint density at radius 1 is 0.972 bits per heavy atom. The lowest BCUT2D eigenvalue weighted by Crippen LogP contribution is -2.41. The van der Waals surface area contributed by atoms with Crippen LogP contribution in [0.3, 0.4) is 0 Å². The van der Waals surface area contributed by atoms with E-state index in [9.17, 15) is 13.2 Å². The number of benzene rings is 1. The second-order valence-corrected chi connectivity index (χ2v) is 12.2. The van der Waals surface area contributed by atoms with Gasteiger partial charge < -0.3 is 13.9 Å². The maximum atomic E-state index is 14.0. The predicted octanol–water partition coefficient (Wildman–Crippen LogP) is 2.59. The summed E-state index contributed by atoms with van der Waals surface area (Å²) in [6.45, 7) is 9.66. The van der Waals surface area contributed by atoms with Crippen LogP contribution in [-0.2, 0) is 33.4 Å². The summed E-state index contributed by atoms with van der Waals surface area (Å²) >= 11 is 0. The first-order valence-corrected chi connectivity index (χ1v) is 13.1. The number of aromatic nitrogens is 4. The summed E-state index contributed by atoms with van der Waals surface area (Å²) in [5, 5.41) is 4.67. The standard InChI is InChI=1S/C25H29BN4O5S/c1-16-8-10-18(11-9-16)36(32,33)30-21(17-13-27-29(7)14-17)12-19-20(15-28(6)23(31)22(19)30)26-34-24(2,3)25(4,5)35-26/h8-15H,1-7H3. The van der Waals surface area contributed by atoms with Crippen molar-refractivity contribution in [1.29, 1.82) is 0 Å². The molecule has 1 aliphatic heterocycles. The van der Waals surface area contributed by atoms with E-state index < -0.39 is 33.9 Å². The molecule has 1 aliphatic rings. The Morgan fingerprint density at radius 2 is 1.58 bits per heavy atom. The molecule has 9 nitrogen and oxygen atoms in total. The maximum absolute atomic E-state index is 14.0. The third-order valence-corrected chi connectivity index (χ3v) is 8.92. The van der Waals surface area contributed by atoms with Crippen molar-refractivity contribution in [2.45, 2.75) is 50.7 Å². The molecule has 3 aromatic heterocycles. The van der Waals surface area contributed by atoms with Gasteiger partial charge in [0, 0.05) is 42.9 Å². The van der Waals surface area contributed by atoms with Crippen LogP contribution in [-0.4, -0.2) is 45.1 Å². The smallest absolute Gasteiger partial charge is 0.399 e. The highest BCUT2D eigenvalue weighted by Crippen LogP contribution is 2.38. The minimum absolute atomic E-state index is 0.0316. The highest BCUT2D eigenvalue weighted by atomic mass is 32.2. The predicted molar refractivity (Wildman–Crippen MR) is 139 cm³/mol. The fraction of sp³-hybridized carbons (Fsp3) is 0.360. The van der Waals surface area contributed by atoms with E-state index in [4.69, 9.17) is 9.31 Å². The number of aryl methyl sites for hydroxylation is 3. The van der Waals surface area contributed by atoms with Crippen molar-refractivity contribution < 1.29 is 17.7 Å². The van der Waals surface area contributed by atoms with Crippen LogP contribution in [0.1, 0.15) is 33.3 Å². The van der Waals surface area contributed by atoms with Crippen molar-refractivity contribution in [3.05, 3.63) is 64.8 Å². The zero-order valence-electron chi connectivity index (χ0n) is 21.4. The van der Waals surface area contributed by atoms with Crippen LogP contribution in [0.15, 0.2) is 58.6 Å². The molecule has 0 spiro atoms. The molecule has 4 heterocycles.